The van der Waals surface area contributed by atoms with Crippen LogP contribution in [0.15, 0.2) is 38.3 Å². The molecule has 4 heterocycles. The van der Waals surface area contributed by atoms with E-state index in [4.69, 9.17) is 14.1 Å². The average molecular weight is 436 g/mol. The van der Waals surface area contributed by atoms with Crippen molar-refractivity contribution in [3.8, 4) is 5.75 Å². The first-order valence-corrected chi connectivity index (χ1v) is 11.0. The molecule has 0 saturated heterocycles. The Labute approximate surface area is 180 Å². The van der Waals surface area contributed by atoms with E-state index < -0.39 is 11.6 Å². The molecule has 0 fully saturated rings. The molecule has 158 valence electrons. The van der Waals surface area contributed by atoms with E-state index in [0.717, 1.165) is 42.5 Å². The van der Waals surface area contributed by atoms with Crippen molar-refractivity contribution >= 4 is 38.5 Å². The molecule has 1 aliphatic rings. The molecule has 0 saturated carbocycles. The lowest BCUT2D eigenvalue weighted by atomic mass is 10.1. The van der Waals surface area contributed by atoms with Crippen molar-refractivity contribution in [1.29, 1.82) is 0 Å². The normalized spacial score (nSPS) is 13.9. The number of carbonyl (C=O) groups is 1. The Morgan fingerprint density at radius 3 is 2.84 bits per heavy atom. The van der Waals surface area contributed by atoms with Crippen molar-refractivity contribution in [2.45, 2.75) is 46.1 Å². The maximum atomic E-state index is 13.1. The Morgan fingerprint density at radius 2 is 2.00 bits per heavy atom. The zero-order chi connectivity index (χ0) is 21.7. The zero-order valence-electron chi connectivity index (χ0n) is 17.2. The van der Waals surface area contributed by atoms with Gasteiger partial charge in [-0.25, -0.2) is 14.6 Å². The molecule has 4 aromatic rings. The molecule has 0 atom stereocenters. The molecule has 0 amide bonds. The first-order valence-electron chi connectivity index (χ1n) is 10.2. The van der Waals surface area contributed by atoms with E-state index in [1.807, 2.05) is 6.92 Å². The van der Waals surface area contributed by atoms with Crippen LogP contribution >= 0.6 is 11.3 Å². The van der Waals surface area contributed by atoms with E-state index >= 15 is 0 Å². The van der Waals surface area contributed by atoms with E-state index in [-0.39, 0.29) is 11.3 Å². The number of ether oxygens (including phenoxy) is 1. The molecule has 0 spiro atoms. The molecule has 0 radical (unpaired) electrons. The third kappa shape index (κ3) is 3.37. The van der Waals surface area contributed by atoms with Crippen LogP contribution in [0.25, 0.3) is 21.2 Å². The molecule has 0 unspecified atom stereocenters. The SMILES string of the molecule is Cc1cc(=O)oc2cc(OC(=O)c3sc4nc5n(c(=O)c4c3C)CCCCC5)ccc12. The van der Waals surface area contributed by atoms with E-state index in [1.54, 1.807) is 23.6 Å². The number of fused-ring (bicyclic) bond motifs is 3. The summed E-state index contributed by atoms with van der Waals surface area (Å²) in [6, 6.07) is 6.35. The number of hydrogen-bond donors (Lipinski definition) is 0. The maximum absolute atomic E-state index is 13.1. The monoisotopic (exact) mass is 436 g/mol. The summed E-state index contributed by atoms with van der Waals surface area (Å²) in [4.78, 5) is 43.3. The molecule has 5 rings (SSSR count). The Hall–Kier alpha value is -3.26. The topological polar surface area (TPSA) is 91.4 Å². The van der Waals surface area contributed by atoms with Gasteiger partial charge in [-0.2, -0.15) is 0 Å². The van der Waals surface area contributed by atoms with E-state index in [2.05, 4.69) is 0 Å². The highest BCUT2D eigenvalue weighted by atomic mass is 32.1. The third-order valence-corrected chi connectivity index (χ3v) is 6.90. The van der Waals surface area contributed by atoms with Gasteiger partial charge in [-0.3, -0.25) is 9.36 Å². The van der Waals surface area contributed by atoms with Crippen LogP contribution < -0.4 is 15.9 Å². The Morgan fingerprint density at radius 1 is 1.16 bits per heavy atom. The van der Waals surface area contributed by atoms with Gasteiger partial charge in [0.1, 0.15) is 26.9 Å². The summed E-state index contributed by atoms with van der Waals surface area (Å²) < 4.78 is 12.5. The molecule has 0 N–H and O–H groups in total. The van der Waals surface area contributed by atoms with Crippen molar-refractivity contribution in [3.05, 3.63) is 66.9 Å². The van der Waals surface area contributed by atoms with Gasteiger partial charge in [0.2, 0.25) is 0 Å². The molecule has 0 bridgehead atoms. The average Bonchev–Trinajstić information content (AvgIpc) is 2.89. The van der Waals surface area contributed by atoms with Crippen LogP contribution in [0.1, 0.15) is 45.9 Å². The number of nitrogens with zero attached hydrogens (tertiary/aromatic N) is 2. The fourth-order valence-electron chi connectivity index (χ4n) is 4.13. The number of thiophene rings is 1. The van der Waals surface area contributed by atoms with Gasteiger partial charge in [-0.15, -0.1) is 11.3 Å². The lowest BCUT2D eigenvalue weighted by molar-refractivity contribution is 0.0739. The summed E-state index contributed by atoms with van der Waals surface area (Å²) in [5.74, 6) is 0.495. The van der Waals surface area contributed by atoms with Crippen LogP contribution in [0.5, 0.6) is 5.75 Å². The molecule has 7 nitrogen and oxygen atoms in total. The molecule has 3 aromatic heterocycles. The molecule has 1 aromatic carbocycles. The summed E-state index contributed by atoms with van der Waals surface area (Å²) in [6.45, 7) is 4.23. The quantitative estimate of drug-likeness (QED) is 0.267. The summed E-state index contributed by atoms with van der Waals surface area (Å²) in [6.07, 6.45) is 3.81. The summed E-state index contributed by atoms with van der Waals surface area (Å²) in [7, 11) is 0. The first kappa shape index (κ1) is 19.7. The van der Waals surface area contributed by atoms with Gasteiger partial charge >= 0.3 is 11.6 Å². The molecule has 1 aliphatic heterocycles. The van der Waals surface area contributed by atoms with E-state index in [1.165, 1.54) is 23.5 Å². The summed E-state index contributed by atoms with van der Waals surface area (Å²) in [5, 5.41) is 1.26. The maximum Gasteiger partial charge on any atom is 0.354 e. The minimum atomic E-state index is -0.561. The van der Waals surface area contributed by atoms with Crippen LogP contribution in [0, 0.1) is 13.8 Å². The van der Waals surface area contributed by atoms with Crippen LogP contribution in [0.2, 0.25) is 0 Å². The number of aromatic nitrogens is 2. The number of carbonyl (C=O) groups excluding carboxylic acids is 1. The predicted molar refractivity (Wildman–Crippen MR) is 118 cm³/mol. The van der Waals surface area contributed by atoms with E-state index in [9.17, 15) is 14.4 Å². The highest BCUT2D eigenvalue weighted by Crippen LogP contribution is 2.30. The van der Waals surface area contributed by atoms with Crippen LogP contribution in [0.3, 0.4) is 0 Å². The van der Waals surface area contributed by atoms with Crippen LogP contribution in [0.4, 0.5) is 0 Å². The van der Waals surface area contributed by atoms with Crippen molar-refractivity contribution < 1.29 is 13.9 Å². The predicted octanol–water partition coefficient (Wildman–Crippen LogP) is 4.13. The van der Waals surface area contributed by atoms with Gasteiger partial charge in [0.25, 0.3) is 5.56 Å². The fraction of sp³-hybridized carbons (Fsp3) is 0.304. The minimum absolute atomic E-state index is 0.0855. The third-order valence-electron chi connectivity index (χ3n) is 5.73. The van der Waals surface area contributed by atoms with Gasteiger partial charge in [0, 0.05) is 30.5 Å². The van der Waals surface area contributed by atoms with Crippen molar-refractivity contribution in [2.75, 3.05) is 0 Å². The standard InChI is InChI=1S/C23H20N2O5S/c1-12-10-18(26)30-16-11-14(7-8-15(12)16)29-23(28)20-13(2)19-21(31-20)24-17-6-4-3-5-9-25(17)22(19)27/h7-8,10-11H,3-6,9H2,1-2H3. The van der Waals surface area contributed by atoms with Crippen LogP contribution in [-0.4, -0.2) is 15.5 Å². The number of aryl methyl sites for hydroxylation is 3. The second-order valence-corrected chi connectivity index (χ2v) is 8.83. The van der Waals surface area contributed by atoms with E-state index in [0.29, 0.717) is 32.8 Å². The number of hydrogen-bond acceptors (Lipinski definition) is 7. The molecule has 31 heavy (non-hydrogen) atoms. The highest BCUT2D eigenvalue weighted by Gasteiger charge is 2.23. The second kappa shape index (κ2) is 7.46. The molecule has 8 heteroatoms. The number of benzene rings is 1. The smallest absolute Gasteiger partial charge is 0.354 e. The fourth-order valence-corrected chi connectivity index (χ4v) is 5.19. The molecular formula is C23H20N2O5S. The lowest BCUT2D eigenvalue weighted by Crippen LogP contribution is -2.24. The number of esters is 1. The summed E-state index contributed by atoms with van der Waals surface area (Å²) >= 11 is 1.18. The van der Waals surface area contributed by atoms with Crippen LogP contribution in [-0.2, 0) is 13.0 Å². The number of rotatable bonds is 2. The molecular weight excluding hydrogens is 416 g/mol. The minimum Gasteiger partial charge on any atom is -0.423 e. The Kier molecular flexibility index (Phi) is 4.74. The van der Waals surface area contributed by atoms with Crippen molar-refractivity contribution in [3.63, 3.8) is 0 Å². The van der Waals surface area contributed by atoms with Gasteiger partial charge in [-0.1, -0.05) is 6.42 Å². The van der Waals surface area contributed by atoms with Gasteiger partial charge < -0.3 is 9.15 Å². The molecule has 0 aliphatic carbocycles. The highest BCUT2D eigenvalue weighted by molar-refractivity contribution is 7.20. The Bertz CT molecular complexity index is 1480. The lowest BCUT2D eigenvalue weighted by Gasteiger charge is -2.08. The Balaban J connectivity index is 1.54. The van der Waals surface area contributed by atoms with Crippen molar-refractivity contribution in [2.24, 2.45) is 0 Å². The largest absolute Gasteiger partial charge is 0.423 e. The van der Waals surface area contributed by atoms with Gasteiger partial charge in [0.15, 0.2) is 0 Å². The van der Waals surface area contributed by atoms with Gasteiger partial charge in [0.05, 0.1) is 5.39 Å². The first-order chi connectivity index (χ1) is 14.9. The second-order valence-electron chi connectivity index (χ2n) is 7.83. The van der Waals surface area contributed by atoms with Crippen molar-refractivity contribution in [1.82, 2.24) is 9.55 Å². The van der Waals surface area contributed by atoms with Gasteiger partial charge in [-0.05, 0) is 49.9 Å². The summed E-state index contributed by atoms with van der Waals surface area (Å²) in [5.41, 5.74) is 1.19. The zero-order valence-corrected chi connectivity index (χ0v) is 18.0.